The molecule has 0 aliphatic carbocycles. The minimum Gasteiger partial charge on any atom is -0.368 e. The van der Waals surface area contributed by atoms with Gasteiger partial charge in [-0.25, -0.2) is 0 Å². The molecule has 0 aliphatic rings. The SMILES string of the molecule is CCSc1nnc(N)n1CC(=O)N(CC)CC. The van der Waals surface area contributed by atoms with Gasteiger partial charge in [-0.15, -0.1) is 10.2 Å². The van der Waals surface area contributed by atoms with E-state index in [1.54, 1.807) is 9.47 Å². The fraction of sp³-hybridized carbons (Fsp3) is 0.700. The molecule has 0 bridgehead atoms. The molecule has 0 fully saturated rings. The molecule has 7 heteroatoms. The van der Waals surface area contributed by atoms with Crippen molar-refractivity contribution >= 4 is 23.6 Å². The van der Waals surface area contributed by atoms with Gasteiger partial charge >= 0.3 is 0 Å². The van der Waals surface area contributed by atoms with E-state index in [4.69, 9.17) is 5.73 Å². The lowest BCUT2D eigenvalue weighted by molar-refractivity contribution is -0.131. The third kappa shape index (κ3) is 3.36. The zero-order valence-electron chi connectivity index (χ0n) is 10.5. The predicted molar refractivity (Wildman–Crippen MR) is 68.8 cm³/mol. The number of hydrogen-bond donors (Lipinski definition) is 1. The monoisotopic (exact) mass is 257 g/mol. The van der Waals surface area contributed by atoms with E-state index >= 15 is 0 Å². The van der Waals surface area contributed by atoms with Crippen molar-refractivity contribution < 1.29 is 4.79 Å². The lowest BCUT2D eigenvalue weighted by atomic mass is 10.4. The predicted octanol–water partition coefficient (Wildman–Crippen LogP) is 0.841. The van der Waals surface area contributed by atoms with Crippen LogP contribution in [-0.4, -0.2) is 44.4 Å². The Balaban J connectivity index is 2.79. The van der Waals surface area contributed by atoms with Crippen LogP contribution in [0.5, 0.6) is 0 Å². The van der Waals surface area contributed by atoms with E-state index in [9.17, 15) is 4.79 Å². The maximum atomic E-state index is 12.0. The third-order valence-corrected chi connectivity index (χ3v) is 3.28. The maximum absolute atomic E-state index is 12.0. The van der Waals surface area contributed by atoms with Crippen LogP contribution in [0, 0.1) is 0 Å². The molecular formula is C10H19N5OS. The topological polar surface area (TPSA) is 77.0 Å². The van der Waals surface area contributed by atoms with Crippen molar-refractivity contribution in [2.24, 2.45) is 0 Å². The highest BCUT2D eigenvalue weighted by Crippen LogP contribution is 2.17. The average molecular weight is 257 g/mol. The molecule has 1 aromatic rings. The van der Waals surface area contributed by atoms with Gasteiger partial charge in [0, 0.05) is 13.1 Å². The van der Waals surface area contributed by atoms with Crippen LogP contribution in [0.2, 0.25) is 0 Å². The smallest absolute Gasteiger partial charge is 0.242 e. The summed E-state index contributed by atoms with van der Waals surface area (Å²) in [6.45, 7) is 7.55. The molecule has 0 unspecified atom stereocenters. The van der Waals surface area contributed by atoms with Gasteiger partial charge in [0.2, 0.25) is 11.9 Å². The van der Waals surface area contributed by atoms with Crippen molar-refractivity contribution in [1.82, 2.24) is 19.7 Å². The summed E-state index contributed by atoms with van der Waals surface area (Å²) in [5.74, 6) is 1.21. The summed E-state index contributed by atoms with van der Waals surface area (Å²) in [6.07, 6.45) is 0. The zero-order chi connectivity index (χ0) is 12.8. The highest BCUT2D eigenvalue weighted by Gasteiger charge is 2.16. The Morgan fingerprint density at radius 2 is 2.00 bits per heavy atom. The largest absolute Gasteiger partial charge is 0.368 e. The number of aromatic nitrogens is 3. The van der Waals surface area contributed by atoms with Gasteiger partial charge in [-0.05, 0) is 19.6 Å². The molecule has 17 heavy (non-hydrogen) atoms. The molecule has 1 heterocycles. The lowest BCUT2D eigenvalue weighted by Crippen LogP contribution is -2.33. The van der Waals surface area contributed by atoms with E-state index < -0.39 is 0 Å². The number of nitrogens with zero attached hydrogens (tertiary/aromatic N) is 4. The number of amides is 1. The van der Waals surface area contributed by atoms with Gasteiger partial charge in [-0.2, -0.15) is 0 Å². The van der Waals surface area contributed by atoms with E-state index in [1.807, 2.05) is 20.8 Å². The number of carbonyl (C=O) groups excluding carboxylic acids is 1. The minimum atomic E-state index is 0.0412. The van der Waals surface area contributed by atoms with E-state index in [0.29, 0.717) is 24.2 Å². The molecule has 0 radical (unpaired) electrons. The second-order valence-corrected chi connectivity index (χ2v) is 4.66. The number of anilines is 1. The number of thioether (sulfide) groups is 1. The first-order chi connectivity index (χ1) is 8.13. The van der Waals surface area contributed by atoms with Crippen molar-refractivity contribution in [2.75, 3.05) is 24.6 Å². The number of hydrogen-bond acceptors (Lipinski definition) is 5. The van der Waals surface area contributed by atoms with Gasteiger partial charge in [0.15, 0.2) is 5.16 Å². The van der Waals surface area contributed by atoms with Gasteiger partial charge in [-0.1, -0.05) is 18.7 Å². The Hall–Kier alpha value is -1.24. The molecule has 96 valence electrons. The average Bonchev–Trinajstić information content (AvgIpc) is 2.64. The van der Waals surface area contributed by atoms with Gasteiger partial charge in [0.05, 0.1) is 0 Å². The molecule has 0 atom stereocenters. The van der Waals surface area contributed by atoms with Crippen LogP contribution < -0.4 is 5.73 Å². The van der Waals surface area contributed by atoms with Gasteiger partial charge < -0.3 is 10.6 Å². The Morgan fingerprint density at radius 1 is 1.35 bits per heavy atom. The van der Waals surface area contributed by atoms with Crippen molar-refractivity contribution in [3.05, 3.63) is 0 Å². The molecule has 0 saturated heterocycles. The first kappa shape index (κ1) is 13.8. The van der Waals surface area contributed by atoms with E-state index in [-0.39, 0.29) is 12.5 Å². The fourth-order valence-corrected chi connectivity index (χ4v) is 2.17. The first-order valence-electron chi connectivity index (χ1n) is 5.73. The second kappa shape index (κ2) is 6.48. The van der Waals surface area contributed by atoms with Crippen molar-refractivity contribution in [3.8, 4) is 0 Å². The molecule has 0 spiro atoms. The Morgan fingerprint density at radius 3 is 2.53 bits per heavy atom. The van der Waals surface area contributed by atoms with Crippen LogP contribution >= 0.6 is 11.8 Å². The van der Waals surface area contributed by atoms with Crippen LogP contribution in [0.15, 0.2) is 5.16 Å². The number of likely N-dealkylation sites (N-methyl/N-ethyl adjacent to an activating group) is 1. The highest BCUT2D eigenvalue weighted by molar-refractivity contribution is 7.99. The van der Waals surface area contributed by atoms with Gasteiger partial charge in [0.1, 0.15) is 6.54 Å². The molecule has 0 aromatic carbocycles. The minimum absolute atomic E-state index is 0.0412. The number of carbonyl (C=O) groups is 1. The highest BCUT2D eigenvalue weighted by atomic mass is 32.2. The van der Waals surface area contributed by atoms with Crippen LogP contribution in [-0.2, 0) is 11.3 Å². The van der Waals surface area contributed by atoms with Crippen LogP contribution in [0.25, 0.3) is 0 Å². The summed E-state index contributed by atoms with van der Waals surface area (Å²) in [4.78, 5) is 13.7. The molecule has 0 aliphatic heterocycles. The maximum Gasteiger partial charge on any atom is 0.242 e. The van der Waals surface area contributed by atoms with Crippen molar-refractivity contribution in [3.63, 3.8) is 0 Å². The van der Waals surface area contributed by atoms with Crippen molar-refractivity contribution in [1.29, 1.82) is 0 Å². The third-order valence-electron chi connectivity index (χ3n) is 2.43. The molecule has 2 N–H and O–H groups in total. The Bertz CT molecular complexity index is 375. The van der Waals surface area contributed by atoms with Crippen LogP contribution in [0.4, 0.5) is 5.95 Å². The van der Waals surface area contributed by atoms with Crippen LogP contribution in [0.3, 0.4) is 0 Å². The molecule has 1 rings (SSSR count). The van der Waals surface area contributed by atoms with Crippen molar-refractivity contribution in [2.45, 2.75) is 32.5 Å². The molecular weight excluding hydrogens is 238 g/mol. The summed E-state index contributed by atoms with van der Waals surface area (Å²) in [6, 6.07) is 0. The number of rotatable bonds is 6. The summed E-state index contributed by atoms with van der Waals surface area (Å²) in [7, 11) is 0. The molecule has 0 saturated carbocycles. The summed E-state index contributed by atoms with van der Waals surface area (Å²) in [5.41, 5.74) is 5.71. The standard InChI is InChI=1S/C10H19N5OS/c1-4-14(5-2)8(16)7-15-9(11)12-13-10(15)17-6-3/h4-7H2,1-3H3,(H2,11,12). The van der Waals surface area contributed by atoms with Gasteiger partial charge in [0.25, 0.3) is 0 Å². The van der Waals surface area contributed by atoms with E-state index in [1.165, 1.54) is 11.8 Å². The van der Waals surface area contributed by atoms with Crippen LogP contribution in [0.1, 0.15) is 20.8 Å². The summed E-state index contributed by atoms with van der Waals surface area (Å²) >= 11 is 1.53. The molecule has 1 aromatic heterocycles. The number of nitrogens with two attached hydrogens (primary N) is 1. The second-order valence-electron chi connectivity index (χ2n) is 3.43. The summed E-state index contributed by atoms with van der Waals surface area (Å²) < 4.78 is 1.66. The molecule has 1 amide bonds. The normalized spacial score (nSPS) is 10.5. The first-order valence-corrected chi connectivity index (χ1v) is 6.71. The summed E-state index contributed by atoms with van der Waals surface area (Å²) in [5, 5.41) is 8.45. The Labute approximate surface area is 106 Å². The van der Waals surface area contributed by atoms with E-state index in [2.05, 4.69) is 10.2 Å². The Kier molecular flexibility index (Phi) is 5.27. The van der Waals surface area contributed by atoms with Gasteiger partial charge in [-0.3, -0.25) is 9.36 Å². The quantitative estimate of drug-likeness (QED) is 0.764. The fourth-order valence-electron chi connectivity index (χ4n) is 1.50. The van der Waals surface area contributed by atoms with E-state index in [0.717, 1.165) is 5.75 Å². The molecule has 6 nitrogen and oxygen atoms in total. The lowest BCUT2D eigenvalue weighted by Gasteiger charge is -2.19. The zero-order valence-corrected chi connectivity index (χ0v) is 11.3. The number of nitrogen functional groups attached to an aromatic ring is 1.